The Morgan fingerprint density at radius 3 is 2.58 bits per heavy atom. The number of aromatic nitrogens is 2. The Hall–Kier alpha value is -2.14. The molecule has 128 valence electrons. The second-order valence-corrected chi connectivity index (χ2v) is 6.53. The molecule has 0 bridgehead atoms. The van der Waals surface area contributed by atoms with Gasteiger partial charge in [0.15, 0.2) is 0 Å². The highest BCUT2D eigenvalue weighted by Crippen LogP contribution is 2.10. The van der Waals surface area contributed by atoms with Crippen molar-refractivity contribution in [2.24, 2.45) is 5.92 Å². The van der Waals surface area contributed by atoms with E-state index in [1.165, 1.54) is 0 Å². The summed E-state index contributed by atoms with van der Waals surface area (Å²) in [5.74, 6) is 1.56. The summed E-state index contributed by atoms with van der Waals surface area (Å²) in [5.41, 5.74) is 1.50. The standard InChI is InChI=1S/C18H23ClN4O/c1-12(2)11-21-17-10-16(22-13(3)23-17)18(24)20-9-8-14-4-6-15(19)7-5-14/h4-7,10,12H,8-9,11H2,1-3H3,(H,20,24)(H,21,22,23). The quantitative estimate of drug-likeness (QED) is 0.805. The molecule has 1 heterocycles. The number of anilines is 1. The summed E-state index contributed by atoms with van der Waals surface area (Å²) in [6.07, 6.45) is 0.741. The van der Waals surface area contributed by atoms with Crippen LogP contribution in [0.3, 0.4) is 0 Å². The van der Waals surface area contributed by atoms with Crippen LogP contribution >= 0.6 is 11.6 Å². The van der Waals surface area contributed by atoms with Gasteiger partial charge in [-0.05, 0) is 37.0 Å². The number of amides is 1. The Kier molecular flexibility index (Phi) is 6.55. The maximum absolute atomic E-state index is 12.3. The lowest BCUT2D eigenvalue weighted by Gasteiger charge is -2.10. The molecule has 6 heteroatoms. The van der Waals surface area contributed by atoms with E-state index in [0.717, 1.165) is 18.5 Å². The lowest BCUT2D eigenvalue weighted by atomic mass is 10.1. The monoisotopic (exact) mass is 346 g/mol. The number of rotatable bonds is 7. The minimum Gasteiger partial charge on any atom is -0.370 e. The fourth-order valence-corrected chi connectivity index (χ4v) is 2.27. The summed E-state index contributed by atoms with van der Waals surface area (Å²) in [5, 5.41) is 6.82. The van der Waals surface area contributed by atoms with Crippen molar-refractivity contribution in [2.45, 2.75) is 27.2 Å². The first kappa shape index (κ1) is 18.2. The fourth-order valence-electron chi connectivity index (χ4n) is 2.15. The van der Waals surface area contributed by atoms with E-state index < -0.39 is 0 Å². The highest BCUT2D eigenvalue weighted by atomic mass is 35.5. The van der Waals surface area contributed by atoms with Crippen LogP contribution in [0.1, 0.15) is 35.7 Å². The smallest absolute Gasteiger partial charge is 0.270 e. The van der Waals surface area contributed by atoms with E-state index in [2.05, 4.69) is 34.4 Å². The minimum absolute atomic E-state index is 0.193. The van der Waals surface area contributed by atoms with E-state index in [0.29, 0.717) is 34.8 Å². The zero-order valence-corrected chi connectivity index (χ0v) is 15.0. The molecular formula is C18H23ClN4O. The van der Waals surface area contributed by atoms with E-state index in [1.807, 2.05) is 24.3 Å². The van der Waals surface area contributed by atoms with Crippen LogP contribution in [0.5, 0.6) is 0 Å². The van der Waals surface area contributed by atoms with E-state index in [4.69, 9.17) is 11.6 Å². The third-order valence-electron chi connectivity index (χ3n) is 3.37. The maximum atomic E-state index is 12.3. The molecule has 5 nitrogen and oxygen atoms in total. The zero-order valence-electron chi connectivity index (χ0n) is 14.3. The average Bonchev–Trinajstić information content (AvgIpc) is 2.54. The molecule has 0 spiro atoms. The average molecular weight is 347 g/mol. The molecule has 0 aliphatic heterocycles. The first-order valence-electron chi connectivity index (χ1n) is 8.06. The normalized spacial score (nSPS) is 10.7. The zero-order chi connectivity index (χ0) is 17.5. The summed E-state index contributed by atoms with van der Waals surface area (Å²) in [4.78, 5) is 20.8. The summed E-state index contributed by atoms with van der Waals surface area (Å²) in [6.45, 7) is 7.36. The van der Waals surface area contributed by atoms with Gasteiger partial charge < -0.3 is 10.6 Å². The predicted octanol–water partition coefficient (Wildman–Crippen LogP) is 3.48. The van der Waals surface area contributed by atoms with Gasteiger partial charge in [0, 0.05) is 24.2 Å². The molecule has 0 aliphatic rings. The Morgan fingerprint density at radius 1 is 1.21 bits per heavy atom. The first-order chi connectivity index (χ1) is 11.4. The number of carbonyl (C=O) groups is 1. The van der Waals surface area contributed by atoms with E-state index in [1.54, 1.807) is 13.0 Å². The lowest BCUT2D eigenvalue weighted by Crippen LogP contribution is -2.27. The summed E-state index contributed by atoms with van der Waals surface area (Å²) in [7, 11) is 0. The number of nitrogens with one attached hydrogen (secondary N) is 2. The summed E-state index contributed by atoms with van der Waals surface area (Å²) in [6, 6.07) is 9.29. The van der Waals surface area contributed by atoms with Crippen LogP contribution < -0.4 is 10.6 Å². The molecule has 1 amide bonds. The Bertz CT molecular complexity index is 686. The van der Waals surface area contributed by atoms with E-state index >= 15 is 0 Å². The van der Waals surface area contributed by atoms with Crippen molar-refractivity contribution in [3.05, 3.63) is 52.4 Å². The third kappa shape index (κ3) is 5.81. The molecule has 24 heavy (non-hydrogen) atoms. The van der Waals surface area contributed by atoms with Crippen molar-refractivity contribution in [3.63, 3.8) is 0 Å². The first-order valence-corrected chi connectivity index (χ1v) is 8.44. The Balaban J connectivity index is 1.92. The number of nitrogens with zero attached hydrogens (tertiary/aromatic N) is 2. The van der Waals surface area contributed by atoms with Crippen molar-refractivity contribution in [3.8, 4) is 0 Å². The van der Waals surface area contributed by atoms with Crippen LogP contribution in [0.25, 0.3) is 0 Å². The van der Waals surface area contributed by atoms with Crippen LogP contribution in [-0.4, -0.2) is 29.0 Å². The van der Waals surface area contributed by atoms with Crippen molar-refractivity contribution in [1.29, 1.82) is 0 Å². The molecule has 1 aromatic carbocycles. The second-order valence-electron chi connectivity index (χ2n) is 6.09. The summed E-state index contributed by atoms with van der Waals surface area (Å²) < 4.78 is 0. The van der Waals surface area contributed by atoms with Gasteiger partial charge in [-0.1, -0.05) is 37.6 Å². The van der Waals surface area contributed by atoms with Crippen LogP contribution in [0.15, 0.2) is 30.3 Å². The van der Waals surface area contributed by atoms with E-state index in [9.17, 15) is 4.79 Å². The molecule has 1 aromatic heterocycles. The second kappa shape index (κ2) is 8.64. The van der Waals surface area contributed by atoms with Gasteiger partial charge in [0.25, 0.3) is 5.91 Å². The molecule has 0 aliphatic carbocycles. The SMILES string of the molecule is Cc1nc(NCC(C)C)cc(C(=O)NCCc2ccc(Cl)cc2)n1. The molecule has 0 fully saturated rings. The Labute approximate surface area is 147 Å². The highest BCUT2D eigenvalue weighted by molar-refractivity contribution is 6.30. The molecule has 2 aromatic rings. The van der Waals surface area contributed by atoms with Crippen LogP contribution in [0.4, 0.5) is 5.82 Å². The lowest BCUT2D eigenvalue weighted by molar-refractivity contribution is 0.0949. The van der Waals surface area contributed by atoms with E-state index in [-0.39, 0.29) is 5.91 Å². The van der Waals surface area contributed by atoms with Gasteiger partial charge in [-0.2, -0.15) is 0 Å². The molecular weight excluding hydrogens is 324 g/mol. The molecule has 2 N–H and O–H groups in total. The van der Waals surface area contributed by atoms with Gasteiger partial charge in [0.2, 0.25) is 0 Å². The third-order valence-corrected chi connectivity index (χ3v) is 3.63. The van der Waals surface area contributed by atoms with Gasteiger partial charge in [0.05, 0.1) is 0 Å². The van der Waals surface area contributed by atoms with Crippen molar-refractivity contribution >= 4 is 23.3 Å². The molecule has 0 radical (unpaired) electrons. The molecule has 0 saturated heterocycles. The van der Waals surface area contributed by atoms with Crippen LogP contribution in [0.2, 0.25) is 5.02 Å². The van der Waals surface area contributed by atoms with Gasteiger partial charge in [-0.15, -0.1) is 0 Å². The molecule has 0 unspecified atom stereocenters. The van der Waals surface area contributed by atoms with Crippen molar-refractivity contribution < 1.29 is 4.79 Å². The Morgan fingerprint density at radius 2 is 1.92 bits per heavy atom. The number of benzene rings is 1. The van der Waals surface area contributed by atoms with Crippen LogP contribution in [0, 0.1) is 12.8 Å². The van der Waals surface area contributed by atoms with Gasteiger partial charge in [-0.25, -0.2) is 9.97 Å². The number of aryl methyl sites for hydroxylation is 1. The fraction of sp³-hybridized carbons (Fsp3) is 0.389. The minimum atomic E-state index is -0.193. The predicted molar refractivity (Wildman–Crippen MR) is 97.6 cm³/mol. The van der Waals surface area contributed by atoms with Gasteiger partial charge >= 0.3 is 0 Å². The maximum Gasteiger partial charge on any atom is 0.270 e. The van der Waals surface area contributed by atoms with Gasteiger partial charge in [0.1, 0.15) is 17.3 Å². The molecule has 0 atom stereocenters. The number of carbonyl (C=O) groups excluding carboxylic acids is 1. The summed E-state index contributed by atoms with van der Waals surface area (Å²) >= 11 is 5.86. The van der Waals surface area contributed by atoms with Crippen LogP contribution in [-0.2, 0) is 6.42 Å². The highest BCUT2D eigenvalue weighted by Gasteiger charge is 2.10. The molecule has 0 saturated carbocycles. The van der Waals surface area contributed by atoms with Crippen molar-refractivity contribution in [1.82, 2.24) is 15.3 Å². The van der Waals surface area contributed by atoms with Gasteiger partial charge in [-0.3, -0.25) is 4.79 Å². The number of hydrogen-bond acceptors (Lipinski definition) is 4. The molecule has 2 rings (SSSR count). The largest absolute Gasteiger partial charge is 0.370 e. The van der Waals surface area contributed by atoms with Crippen molar-refractivity contribution in [2.75, 3.05) is 18.4 Å². The topological polar surface area (TPSA) is 66.9 Å². The number of hydrogen-bond donors (Lipinski definition) is 2. The number of halogens is 1.